The molecule has 2 nitrogen and oxygen atoms in total. The molecule has 0 fully saturated rings. The van der Waals surface area contributed by atoms with Gasteiger partial charge in [-0.2, -0.15) is 0 Å². The molecule has 0 amide bonds. The van der Waals surface area contributed by atoms with Gasteiger partial charge in [0.15, 0.2) is 0 Å². The molecule has 0 radical (unpaired) electrons. The van der Waals surface area contributed by atoms with Crippen LogP contribution in [0.5, 0.6) is 0 Å². The third kappa shape index (κ3) is 7.39. The molecule has 0 bridgehead atoms. The zero-order chi connectivity index (χ0) is 13.9. The summed E-state index contributed by atoms with van der Waals surface area (Å²) in [5, 5.41) is 0. The summed E-state index contributed by atoms with van der Waals surface area (Å²) < 4.78 is 17.2. The van der Waals surface area contributed by atoms with Crippen LogP contribution in [0.4, 0.5) is 4.39 Å². The number of carbonyl (C=O) groups excluding carboxylic acids is 1. The number of benzene rings is 1. The maximum atomic E-state index is 12.7. The van der Waals surface area contributed by atoms with Gasteiger partial charge in [0.2, 0.25) is 0 Å². The molecule has 1 aromatic rings. The molecule has 0 aliphatic carbocycles. The van der Waals surface area contributed by atoms with E-state index in [1.165, 1.54) is 19.2 Å². The normalized spacial score (nSPS) is 10.8. The largest absolute Gasteiger partial charge is 0.469 e. The third-order valence-corrected chi connectivity index (χ3v) is 2.91. The second-order valence-electron chi connectivity index (χ2n) is 4.48. The third-order valence-electron chi connectivity index (χ3n) is 2.91. The van der Waals surface area contributed by atoms with Crippen LogP contribution < -0.4 is 0 Å². The highest BCUT2D eigenvalue weighted by atomic mass is 19.1. The molecule has 0 N–H and O–H groups in total. The molecule has 0 atom stereocenters. The monoisotopic (exact) mass is 264 g/mol. The van der Waals surface area contributed by atoms with E-state index in [-0.39, 0.29) is 11.8 Å². The zero-order valence-corrected chi connectivity index (χ0v) is 11.4. The Hall–Kier alpha value is -1.64. The van der Waals surface area contributed by atoms with Gasteiger partial charge >= 0.3 is 5.97 Å². The summed E-state index contributed by atoms with van der Waals surface area (Å²) in [6.07, 6.45) is 9.82. The number of unbranched alkanes of at least 4 members (excludes halogenated alkanes) is 4. The minimum atomic E-state index is -0.206. The van der Waals surface area contributed by atoms with Gasteiger partial charge in [0.25, 0.3) is 0 Å². The fourth-order valence-electron chi connectivity index (χ4n) is 1.78. The smallest absolute Gasteiger partial charge is 0.305 e. The first-order valence-corrected chi connectivity index (χ1v) is 6.71. The van der Waals surface area contributed by atoms with Crippen molar-refractivity contribution in [1.82, 2.24) is 0 Å². The summed E-state index contributed by atoms with van der Waals surface area (Å²) in [5.41, 5.74) is 1.02. The molecule has 0 saturated heterocycles. The van der Waals surface area contributed by atoms with E-state index < -0.39 is 0 Å². The fourth-order valence-corrected chi connectivity index (χ4v) is 1.78. The minimum Gasteiger partial charge on any atom is -0.469 e. The SMILES string of the molecule is COC(=O)CCCCCCC=Cc1ccc(F)cc1. The van der Waals surface area contributed by atoms with Crippen molar-refractivity contribution in [2.45, 2.75) is 38.5 Å². The molecular weight excluding hydrogens is 243 g/mol. The average Bonchev–Trinajstić information content (AvgIpc) is 2.43. The Labute approximate surface area is 114 Å². The molecule has 1 rings (SSSR count). The Morgan fingerprint density at radius 2 is 1.84 bits per heavy atom. The molecule has 0 saturated carbocycles. The van der Waals surface area contributed by atoms with E-state index in [2.05, 4.69) is 10.8 Å². The molecule has 0 heterocycles. The highest BCUT2D eigenvalue weighted by Gasteiger charge is 1.98. The molecule has 0 aromatic heterocycles. The first-order valence-electron chi connectivity index (χ1n) is 6.71. The van der Waals surface area contributed by atoms with Crippen molar-refractivity contribution in [2.75, 3.05) is 7.11 Å². The molecule has 0 aliphatic rings. The van der Waals surface area contributed by atoms with Crippen molar-refractivity contribution in [3.63, 3.8) is 0 Å². The second kappa shape index (κ2) is 9.31. The van der Waals surface area contributed by atoms with E-state index in [0.717, 1.165) is 37.7 Å². The number of carbonyl (C=O) groups is 1. The Morgan fingerprint density at radius 3 is 2.53 bits per heavy atom. The summed E-state index contributed by atoms with van der Waals surface area (Å²) in [6, 6.07) is 6.46. The van der Waals surface area contributed by atoms with Crippen molar-refractivity contribution in [3.05, 3.63) is 41.7 Å². The lowest BCUT2D eigenvalue weighted by molar-refractivity contribution is -0.140. The maximum absolute atomic E-state index is 12.7. The van der Waals surface area contributed by atoms with Gasteiger partial charge in [-0.3, -0.25) is 4.79 Å². The number of halogens is 1. The van der Waals surface area contributed by atoms with Gasteiger partial charge in [0, 0.05) is 6.42 Å². The number of esters is 1. The van der Waals surface area contributed by atoms with E-state index in [1.54, 1.807) is 12.1 Å². The second-order valence-corrected chi connectivity index (χ2v) is 4.48. The molecule has 3 heteroatoms. The summed E-state index contributed by atoms with van der Waals surface area (Å²) in [7, 11) is 1.42. The van der Waals surface area contributed by atoms with Crippen molar-refractivity contribution < 1.29 is 13.9 Å². The van der Waals surface area contributed by atoms with Crippen LogP contribution in [0.25, 0.3) is 6.08 Å². The van der Waals surface area contributed by atoms with Gasteiger partial charge in [0.05, 0.1) is 7.11 Å². The summed E-state index contributed by atoms with van der Waals surface area (Å²) in [5.74, 6) is -0.334. The number of ether oxygens (including phenoxy) is 1. The van der Waals surface area contributed by atoms with Gasteiger partial charge in [-0.15, -0.1) is 0 Å². The van der Waals surface area contributed by atoms with Crippen LogP contribution >= 0.6 is 0 Å². The van der Waals surface area contributed by atoms with Crippen LogP contribution in [0.2, 0.25) is 0 Å². The molecule has 1 aromatic carbocycles. The Balaban J connectivity index is 2.04. The number of allylic oxidation sites excluding steroid dienone is 1. The van der Waals surface area contributed by atoms with Gasteiger partial charge in [-0.1, -0.05) is 37.1 Å². The van der Waals surface area contributed by atoms with Gasteiger partial charge in [-0.05, 0) is 37.0 Å². The van der Waals surface area contributed by atoms with Crippen LogP contribution in [0, 0.1) is 5.82 Å². The molecule has 0 aliphatic heterocycles. The van der Waals surface area contributed by atoms with E-state index in [1.807, 2.05) is 6.08 Å². The van der Waals surface area contributed by atoms with Gasteiger partial charge in [-0.25, -0.2) is 4.39 Å². The van der Waals surface area contributed by atoms with E-state index in [4.69, 9.17) is 0 Å². The number of hydrogen-bond donors (Lipinski definition) is 0. The highest BCUT2D eigenvalue weighted by molar-refractivity contribution is 5.68. The summed E-state index contributed by atoms with van der Waals surface area (Å²) in [4.78, 5) is 10.9. The maximum Gasteiger partial charge on any atom is 0.305 e. The Kier molecular flexibility index (Phi) is 7.56. The van der Waals surface area contributed by atoms with E-state index in [9.17, 15) is 9.18 Å². The van der Waals surface area contributed by atoms with Crippen LogP contribution in [0.15, 0.2) is 30.3 Å². The number of hydrogen-bond acceptors (Lipinski definition) is 2. The molecule has 0 unspecified atom stereocenters. The first kappa shape index (κ1) is 15.4. The van der Waals surface area contributed by atoms with Crippen LogP contribution in [-0.2, 0) is 9.53 Å². The Morgan fingerprint density at radius 1 is 1.16 bits per heavy atom. The predicted octanol–water partition coefficient (Wildman–Crippen LogP) is 4.35. The number of rotatable bonds is 8. The lowest BCUT2D eigenvalue weighted by atomic mass is 10.1. The Bertz CT molecular complexity index is 396. The molecular formula is C16H21FO2. The first-order chi connectivity index (χ1) is 9.22. The summed E-state index contributed by atoms with van der Waals surface area (Å²) in [6.45, 7) is 0. The minimum absolute atomic E-state index is 0.129. The quantitative estimate of drug-likeness (QED) is 0.515. The van der Waals surface area contributed by atoms with Crippen LogP contribution in [0.3, 0.4) is 0 Å². The van der Waals surface area contributed by atoms with E-state index >= 15 is 0 Å². The molecule has 0 spiro atoms. The average molecular weight is 264 g/mol. The number of methoxy groups -OCH3 is 1. The summed E-state index contributed by atoms with van der Waals surface area (Å²) >= 11 is 0. The lowest BCUT2D eigenvalue weighted by Gasteiger charge is -1.99. The van der Waals surface area contributed by atoms with Crippen molar-refractivity contribution >= 4 is 12.0 Å². The topological polar surface area (TPSA) is 26.3 Å². The highest BCUT2D eigenvalue weighted by Crippen LogP contribution is 2.09. The lowest BCUT2D eigenvalue weighted by Crippen LogP contribution is -1.98. The van der Waals surface area contributed by atoms with Crippen molar-refractivity contribution in [3.8, 4) is 0 Å². The van der Waals surface area contributed by atoms with Gasteiger partial charge in [0.1, 0.15) is 5.82 Å². The van der Waals surface area contributed by atoms with Crippen molar-refractivity contribution in [2.24, 2.45) is 0 Å². The standard InChI is InChI=1S/C16H21FO2/c1-19-16(18)9-7-5-3-2-4-6-8-14-10-12-15(17)13-11-14/h6,8,10-13H,2-5,7,9H2,1H3. The van der Waals surface area contributed by atoms with Crippen molar-refractivity contribution in [1.29, 1.82) is 0 Å². The fraction of sp³-hybridized carbons (Fsp3) is 0.438. The van der Waals surface area contributed by atoms with E-state index in [0.29, 0.717) is 6.42 Å². The predicted molar refractivity (Wildman–Crippen MR) is 75.2 cm³/mol. The molecule has 104 valence electrons. The van der Waals surface area contributed by atoms with Crippen LogP contribution in [-0.4, -0.2) is 13.1 Å². The zero-order valence-electron chi connectivity index (χ0n) is 11.4. The molecule has 19 heavy (non-hydrogen) atoms. The van der Waals surface area contributed by atoms with Crippen LogP contribution in [0.1, 0.15) is 44.1 Å². The van der Waals surface area contributed by atoms with Gasteiger partial charge < -0.3 is 4.74 Å².